The minimum absolute atomic E-state index is 1.11. The highest BCUT2D eigenvalue weighted by molar-refractivity contribution is 5.50. The number of benzene rings is 2. The van der Waals surface area contributed by atoms with Gasteiger partial charge in [-0.2, -0.15) is 0 Å². The van der Waals surface area contributed by atoms with Gasteiger partial charge in [-0.1, -0.05) is 64.1 Å². The summed E-state index contributed by atoms with van der Waals surface area (Å²) in [5.41, 5.74) is 8.99. The summed E-state index contributed by atoms with van der Waals surface area (Å²) in [6.07, 6.45) is 2.22. The molecule has 0 N–H and O–H groups in total. The fourth-order valence-electron chi connectivity index (χ4n) is 2.75. The predicted octanol–water partition coefficient (Wildman–Crippen LogP) is 5.85. The van der Waals surface area contributed by atoms with E-state index in [1.807, 2.05) is 27.7 Å². The van der Waals surface area contributed by atoms with E-state index in [2.05, 4.69) is 50.2 Å². The van der Waals surface area contributed by atoms with Gasteiger partial charge in [-0.25, -0.2) is 0 Å². The Balaban J connectivity index is 0.000000461. The largest absolute Gasteiger partial charge is 0.0683 e. The Morgan fingerprint density at radius 3 is 1.40 bits per heavy atom. The van der Waals surface area contributed by atoms with Crippen LogP contribution in [0.3, 0.4) is 0 Å². The van der Waals surface area contributed by atoms with Gasteiger partial charge in [0.05, 0.1) is 0 Å². The van der Waals surface area contributed by atoms with Gasteiger partial charge < -0.3 is 0 Å². The van der Waals surface area contributed by atoms with Crippen molar-refractivity contribution in [2.45, 2.75) is 54.4 Å². The molecule has 1 aliphatic rings. The van der Waals surface area contributed by atoms with E-state index in [0.29, 0.717) is 0 Å². The Hall–Kier alpha value is -1.56. The van der Waals surface area contributed by atoms with Crippen LogP contribution in [0, 0.1) is 13.8 Å². The molecule has 0 heterocycles. The van der Waals surface area contributed by atoms with E-state index in [0.717, 1.165) is 12.8 Å². The number of aryl methyl sites for hydroxylation is 2. The van der Waals surface area contributed by atoms with Crippen molar-refractivity contribution in [3.05, 3.63) is 69.8 Å². The monoisotopic (exact) mass is 268 g/mol. The zero-order valence-corrected chi connectivity index (χ0v) is 13.9. The minimum Gasteiger partial charge on any atom is -0.0683 e. The van der Waals surface area contributed by atoms with Crippen molar-refractivity contribution in [2.75, 3.05) is 0 Å². The standard InChI is InChI=1S/C16H16.2C2H6/c1-11-5-3-7-13-9-14-8-4-6-12(2)16(14)10-15(11)13;2*1-2/h3-8H,9-10H2,1-2H3;2*1-2H3. The van der Waals surface area contributed by atoms with Gasteiger partial charge in [0.1, 0.15) is 0 Å². The molecule has 20 heavy (non-hydrogen) atoms. The molecule has 0 amide bonds. The van der Waals surface area contributed by atoms with Gasteiger partial charge in [-0.05, 0) is 60.1 Å². The van der Waals surface area contributed by atoms with Crippen LogP contribution in [-0.4, -0.2) is 0 Å². The Morgan fingerprint density at radius 1 is 0.600 bits per heavy atom. The van der Waals surface area contributed by atoms with Crippen LogP contribution in [0.5, 0.6) is 0 Å². The van der Waals surface area contributed by atoms with Crippen LogP contribution in [0.1, 0.15) is 61.1 Å². The number of hydrogen-bond donors (Lipinski definition) is 0. The summed E-state index contributed by atoms with van der Waals surface area (Å²) in [7, 11) is 0. The highest BCUT2D eigenvalue weighted by atomic mass is 14.2. The summed E-state index contributed by atoms with van der Waals surface area (Å²) < 4.78 is 0. The van der Waals surface area contributed by atoms with E-state index >= 15 is 0 Å². The number of fused-ring (bicyclic) bond motifs is 2. The molecule has 0 aliphatic heterocycles. The molecule has 2 aromatic rings. The average Bonchev–Trinajstić information content (AvgIpc) is 2.51. The SMILES string of the molecule is CC.CC.Cc1cccc2c1Cc1c(C)cccc1C2. The molecular weight excluding hydrogens is 240 g/mol. The Bertz CT molecular complexity index is 500. The Labute approximate surface area is 124 Å². The molecule has 0 spiro atoms. The summed E-state index contributed by atoms with van der Waals surface area (Å²) in [6, 6.07) is 13.3. The fraction of sp³-hybridized carbons (Fsp3) is 0.400. The second-order valence-corrected chi connectivity index (χ2v) is 4.78. The Morgan fingerprint density at radius 2 is 1.00 bits per heavy atom. The molecule has 1 aliphatic carbocycles. The molecule has 2 aromatic carbocycles. The summed E-state index contributed by atoms with van der Waals surface area (Å²) >= 11 is 0. The zero-order valence-electron chi connectivity index (χ0n) is 13.9. The molecule has 0 unspecified atom stereocenters. The molecule has 0 bridgehead atoms. The summed E-state index contributed by atoms with van der Waals surface area (Å²) in [6.45, 7) is 12.4. The van der Waals surface area contributed by atoms with Gasteiger partial charge in [0, 0.05) is 0 Å². The summed E-state index contributed by atoms with van der Waals surface area (Å²) in [5, 5.41) is 0. The lowest BCUT2D eigenvalue weighted by molar-refractivity contribution is 0.973. The summed E-state index contributed by atoms with van der Waals surface area (Å²) in [5.74, 6) is 0. The Kier molecular flexibility index (Phi) is 6.51. The first-order valence-electron chi connectivity index (χ1n) is 7.90. The second-order valence-electron chi connectivity index (χ2n) is 4.78. The van der Waals surface area contributed by atoms with Crippen molar-refractivity contribution < 1.29 is 0 Å². The molecule has 0 fully saturated rings. The van der Waals surface area contributed by atoms with Crippen molar-refractivity contribution in [1.29, 1.82) is 0 Å². The van der Waals surface area contributed by atoms with Crippen LogP contribution >= 0.6 is 0 Å². The van der Waals surface area contributed by atoms with Gasteiger partial charge in [-0.15, -0.1) is 0 Å². The van der Waals surface area contributed by atoms with E-state index in [1.165, 1.54) is 22.3 Å². The molecule has 108 valence electrons. The van der Waals surface area contributed by atoms with E-state index < -0.39 is 0 Å². The summed E-state index contributed by atoms with van der Waals surface area (Å²) in [4.78, 5) is 0. The van der Waals surface area contributed by atoms with Gasteiger partial charge >= 0.3 is 0 Å². The van der Waals surface area contributed by atoms with Crippen LogP contribution in [0.25, 0.3) is 0 Å². The highest BCUT2D eigenvalue weighted by Gasteiger charge is 2.17. The molecule has 0 nitrogen and oxygen atoms in total. The molecule has 0 heteroatoms. The molecule has 0 saturated heterocycles. The van der Waals surface area contributed by atoms with E-state index in [1.54, 1.807) is 11.1 Å². The maximum absolute atomic E-state index is 2.27. The number of rotatable bonds is 0. The molecular formula is C20H28. The molecule has 0 atom stereocenters. The van der Waals surface area contributed by atoms with Crippen molar-refractivity contribution in [1.82, 2.24) is 0 Å². The van der Waals surface area contributed by atoms with Crippen LogP contribution in [0.2, 0.25) is 0 Å². The van der Waals surface area contributed by atoms with Crippen LogP contribution in [-0.2, 0) is 12.8 Å². The van der Waals surface area contributed by atoms with Crippen LogP contribution < -0.4 is 0 Å². The lowest BCUT2D eigenvalue weighted by Crippen LogP contribution is -2.10. The van der Waals surface area contributed by atoms with Gasteiger partial charge in [0.2, 0.25) is 0 Å². The van der Waals surface area contributed by atoms with E-state index in [9.17, 15) is 0 Å². The van der Waals surface area contributed by atoms with E-state index in [-0.39, 0.29) is 0 Å². The van der Waals surface area contributed by atoms with Crippen molar-refractivity contribution >= 4 is 0 Å². The first-order valence-corrected chi connectivity index (χ1v) is 7.90. The quantitative estimate of drug-likeness (QED) is 0.479. The molecule has 0 saturated carbocycles. The van der Waals surface area contributed by atoms with E-state index in [4.69, 9.17) is 0 Å². The lowest BCUT2D eigenvalue weighted by Gasteiger charge is -2.22. The molecule has 0 radical (unpaired) electrons. The second kappa shape index (κ2) is 7.89. The minimum atomic E-state index is 1.11. The third-order valence-electron chi connectivity index (χ3n) is 3.75. The van der Waals surface area contributed by atoms with Gasteiger partial charge in [0.25, 0.3) is 0 Å². The lowest BCUT2D eigenvalue weighted by atomic mass is 9.82. The third-order valence-corrected chi connectivity index (χ3v) is 3.75. The maximum Gasteiger partial charge on any atom is -0.00148 e. The van der Waals surface area contributed by atoms with Crippen molar-refractivity contribution in [3.63, 3.8) is 0 Å². The third kappa shape index (κ3) is 3.30. The van der Waals surface area contributed by atoms with Gasteiger partial charge in [0.15, 0.2) is 0 Å². The van der Waals surface area contributed by atoms with Crippen LogP contribution in [0.4, 0.5) is 0 Å². The van der Waals surface area contributed by atoms with Crippen LogP contribution in [0.15, 0.2) is 36.4 Å². The van der Waals surface area contributed by atoms with Crippen molar-refractivity contribution in [2.24, 2.45) is 0 Å². The average molecular weight is 268 g/mol. The predicted molar refractivity (Wildman–Crippen MR) is 90.7 cm³/mol. The smallest absolute Gasteiger partial charge is 0.00148 e. The fourth-order valence-corrected chi connectivity index (χ4v) is 2.75. The first kappa shape index (κ1) is 16.5. The van der Waals surface area contributed by atoms with Crippen molar-refractivity contribution in [3.8, 4) is 0 Å². The maximum atomic E-state index is 2.27. The zero-order chi connectivity index (χ0) is 15.1. The van der Waals surface area contributed by atoms with Gasteiger partial charge in [-0.3, -0.25) is 0 Å². The molecule has 0 aromatic heterocycles. The molecule has 3 rings (SSSR count). The first-order chi connectivity index (χ1) is 9.75. The highest BCUT2D eigenvalue weighted by Crippen LogP contribution is 2.30. The number of hydrogen-bond acceptors (Lipinski definition) is 0. The normalized spacial score (nSPS) is 11.1. The topological polar surface area (TPSA) is 0 Å².